The number of aromatic amines is 1. The normalized spacial score (nSPS) is 13.1. The van der Waals surface area contributed by atoms with E-state index < -0.39 is 0 Å². The first-order chi connectivity index (χ1) is 14.0. The smallest absolute Gasteiger partial charge is 0.227 e. The zero-order chi connectivity index (χ0) is 20.4. The number of hydrogen-bond acceptors (Lipinski definition) is 3. The molecule has 3 aromatic rings. The third kappa shape index (κ3) is 4.32. The predicted octanol–water partition coefficient (Wildman–Crippen LogP) is 3.82. The number of amides is 2. The number of nitrogens with zero attached hydrogens (tertiary/aromatic N) is 2. The third-order valence-electron chi connectivity index (χ3n) is 5.01. The lowest BCUT2D eigenvalue weighted by Crippen LogP contribution is -2.36. The van der Waals surface area contributed by atoms with Gasteiger partial charge >= 0.3 is 0 Å². The average Bonchev–Trinajstić information content (AvgIpc) is 3.12. The molecule has 2 heterocycles. The van der Waals surface area contributed by atoms with Gasteiger partial charge in [0.25, 0.3) is 0 Å². The van der Waals surface area contributed by atoms with E-state index in [4.69, 9.17) is 11.6 Å². The van der Waals surface area contributed by atoms with Crippen molar-refractivity contribution in [2.75, 3.05) is 11.9 Å². The first-order valence-corrected chi connectivity index (χ1v) is 9.84. The Hall–Kier alpha value is -3.12. The molecule has 6 nitrogen and oxygen atoms in total. The van der Waals surface area contributed by atoms with E-state index in [1.165, 1.54) is 6.92 Å². The van der Waals surface area contributed by atoms with E-state index in [0.29, 0.717) is 24.5 Å². The van der Waals surface area contributed by atoms with Crippen LogP contribution in [0.5, 0.6) is 0 Å². The molecule has 0 unspecified atom stereocenters. The molecule has 4 rings (SSSR count). The molecule has 0 saturated carbocycles. The minimum atomic E-state index is -0.117. The van der Waals surface area contributed by atoms with Crippen molar-refractivity contribution in [3.8, 4) is 11.3 Å². The minimum absolute atomic E-state index is 0.0705. The lowest BCUT2D eigenvalue weighted by atomic mass is 10.0. The number of benzene rings is 2. The van der Waals surface area contributed by atoms with Crippen LogP contribution in [0.3, 0.4) is 0 Å². The standard InChI is InChI=1S/C22H21ClN4O2/c1-14(28)24-18-7-5-15(6-8-18)11-21(29)27-10-9-20-19(13-27)22(26-25-20)16-3-2-4-17(23)12-16/h2-8,12H,9-11,13H2,1H3,(H,24,28)(H,25,26). The summed E-state index contributed by atoms with van der Waals surface area (Å²) >= 11 is 6.13. The summed E-state index contributed by atoms with van der Waals surface area (Å²) in [6, 6.07) is 14.9. The van der Waals surface area contributed by atoms with E-state index in [1.54, 1.807) is 0 Å². The molecule has 2 amide bonds. The molecule has 0 fully saturated rings. The van der Waals surface area contributed by atoms with Crippen LogP contribution in [-0.4, -0.2) is 33.5 Å². The maximum Gasteiger partial charge on any atom is 0.227 e. The van der Waals surface area contributed by atoms with Gasteiger partial charge in [-0.2, -0.15) is 5.10 Å². The van der Waals surface area contributed by atoms with E-state index in [1.807, 2.05) is 53.4 Å². The Labute approximate surface area is 173 Å². The quantitative estimate of drug-likeness (QED) is 0.688. The van der Waals surface area contributed by atoms with Gasteiger partial charge in [-0.05, 0) is 29.8 Å². The van der Waals surface area contributed by atoms with Crippen LogP contribution in [0.4, 0.5) is 5.69 Å². The second-order valence-electron chi connectivity index (χ2n) is 7.16. The number of aromatic nitrogens is 2. The second-order valence-corrected chi connectivity index (χ2v) is 7.60. The summed E-state index contributed by atoms with van der Waals surface area (Å²) < 4.78 is 0. The Morgan fingerprint density at radius 2 is 2.00 bits per heavy atom. The van der Waals surface area contributed by atoms with Crippen LogP contribution >= 0.6 is 11.6 Å². The molecule has 0 aliphatic carbocycles. The first-order valence-electron chi connectivity index (χ1n) is 9.46. The van der Waals surface area contributed by atoms with E-state index in [9.17, 15) is 9.59 Å². The highest BCUT2D eigenvalue weighted by atomic mass is 35.5. The van der Waals surface area contributed by atoms with E-state index >= 15 is 0 Å². The number of fused-ring (bicyclic) bond motifs is 1. The summed E-state index contributed by atoms with van der Waals surface area (Å²) in [5, 5.41) is 11.0. The molecule has 0 atom stereocenters. The lowest BCUT2D eigenvalue weighted by Gasteiger charge is -2.27. The molecular formula is C22H21ClN4O2. The number of halogens is 1. The molecule has 1 aromatic heterocycles. The van der Waals surface area contributed by atoms with Gasteiger partial charge < -0.3 is 10.2 Å². The van der Waals surface area contributed by atoms with Crippen molar-refractivity contribution in [1.82, 2.24) is 15.1 Å². The molecule has 148 valence electrons. The topological polar surface area (TPSA) is 78.1 Å². The van der Waals surface area contributed by atoms with Crippen molar-refractivity contribution in [2.45, 2.75) is 26.3 Å². The summed E-state index contributed by atoms with van der Waals surface area (Å²) in [4.78, 5) is 25.9. The molecule has 2 N–H and O–H groups in total. The van der Waals surface area contributed by atoms with Crippen LogP contribution in [0.25, 0.3) is 11.3 Å². The van der Waals surface area contributed by atoms with Crippen LogP contribution in [0.15, 0.2) is 48.5 Å². The van der Waals surface area contributed by atoms with Gasteiger partial charge in [0.05, 0.1) is 12.1 Å². The number of nitrogens with one attached hydrogen (secondary N) is 2. The Kier molecular flexibility index (Phi) is 5.36. The number of hydrogen-bond donors (Lipinski definition) is 2. The summed E-state index contributed by atoms with van der Waals surface area (Å²) in [5.74, 6) is -0.0465. The Morgan fingerprint density at radius 1 is 1.21 bits per heavy atom. The maximum atomic E-state index is 12.9. The molecule has 0 spiro atoms. The van der Waals surface area contributed by atoms with E-state index in [-0.39, 0.29) is 11.8 Å². The maximum absolute atomic E-state index is 12.9. The molecule has 7 heteroatoms. The monoisotopic (exact) mass is 408 g/mol. The van der Waals surface area contributed by atoms with Gasteiger partial charge in [0.2, 0.25) is 11.8 Å². The zero-order valence-corrected chi connectivity index (χ0v) is 16.8. The highest BCUT2D eigenvalue weighted by molar-refractivity contribution is 6.30. The van der Waals surface area contributed by atoms with Gasteiger partial charge in [0.15, 0.2) is 0 Å². The van der Waals surface area contributed by atoms with Crippen molar-refractivity contribution < 1.29 is 9.59 Å². The van der Waals surface area contributed by atoms with Gasteiger partial charge in [0, 0.05) is 54.0 Å². The zero-order valence-electron chi connectivity index (χ0n) is 16.0. The lowest BCUT2D eigenvalue weighted by molar-refractivity contribution is -0.131. The molecule has 0 saturated heterocycles. The fourth-order valence-corrected chi connectivity index (χ4v) is 3.77. The van der Waals surface area contributed by atoms with E-state index in [0.717, 1.165) is 40.2 Å². The van der Waals surface area contributed by atoms with Crippen molar-refractivity contribution in [3.63, 3.8) is 0 Å². The Bertz CT molecular complexity index is 1060. The average molecular weight is 409 g/mol. The molecule has 2 aromatic carbocycles. The highest BCUT2D eigenvalue weighted by Gasteiger charge is 2.25. The first kappa shape index (κ1) is 19.2. The van der Waals surface area contributed by atoms with Gasteiger partial charge in [-0.25, -0.2) is 0 Å². The van der Waals surface area contributed by atoms with Crippen LogP contribution in [0, 0.1) is 0 Å². The Balaban J connectivity index is 1.47. The summed E-state index contributed by atoms with van der Waals surface area (Å²) in [5.41, 5.74) is 5.55. The summed E-state index contributed by atoms with van der Waals surface area (Å²) in [6.07, 6.45) is 1.07. The van der Waals surface area contributed by atoms with Gasteiger partial charge in [-0.1, -0.05) is 35.9 Å². The molecule has 29 heavy (non-hydrogen) atoms. The largest absolute Gasteiger partial charge is 0.338 e. The van der Waals surface area contributed by atoms with Gasteiger partial charge in [0.1, 0.15) is 0 Å². The number of carbonyl (C=O) groups is 2. The van der Waals surface area contributed by atoms with Crippen LogP contribution in [-0.2, 0) is 29.0 Å². The van der Waals surface area contributed by atoms with Crippen molar-refractivity contribution in [1.29, 1.82) is 0 Å². The molecule has 0 bridgehead atoms. The molecular weight excluding hydrogens is 388 g/mol. The molecule has 1 aliphatic rings. The summed E-state index contributed by atoms with van der Waals surface area (Å²) in [6.45, 7) is 2.65. The molecule has 0 radical (unpaired) electrons. The van der Waals surface area contributed by atoms with E-state index in [2.05, 4.69) is 15.5 Å². The fraction of sp³-hybridized carbons (Fsp3) is 0.227. The van der Waals surface area contributed by atoms with Crippen LogP contribution < -0.4 is 5.32 Å². The van der Waals surface area contributed by atoms with Gasteiger partial charge in [-0.15, -0.1) is 0 Å². The number of anilines is 1. The number of H-pyrrole nitrogens is 1. The number of carbonyl (C=O) groups excluding carboxylic acids is 2. The Morgan fingerprint density at radius 3 is 2.72 bits per heavy atom. The van der Waals surface area contributed by atoms with Crippen molar-refractivity contribution in [2.24, 2.45) is 0 Å². The SMILES string of the molecule is CC(=O)Nc1ccc(CC(=O)N2CCc3[nH]nc(-c4cccc(Cl)c4)c3C2)cc1. The van der Waals surface area contributed by atoms with Gasteiger partial charge in [-0.3, -0.25) is 14.7 Å². The second kappa shape index (κ2) is 8.09. The van der Waals surface area contributed by atoms with Crippen LogP contribution in [0.2, 0.25) is 5.02 Å². The minimum Gasteiger partial charge on any atom is -0.338 e. The van der Waals surface area contributed by atoms with Crippen molar-refractivity contribution >= 4 is 29.1 Å². The predicted molar refractivity (Wildman–Crippen MR) is 113 cm³/mol. The van der Waals surface area contributed by atoms with Crippen molar-refractivity contribution in [3.05, 3.63) is 70.4 Å². The molecule has 1 aliphatic heterocycles. The number of rotatable bonds is 4. The van der Waals surface area contributed by atoms with Crippen LogP contribution in [0.1, 0.15) is 23.7 Å². The fourth-order valence-electron chi connectivity index (χ4n) is 3.58. The summed E-state index contributed by atoms with van der Waals surface area (Å²) in [7, 11) is 0. The third-order valence-corrected chi connectivity index (χ3v) is 5.25. The highest BCUT2D eigenvalue weighted by Crippen LogP contribution is 2.30.